The lowest BCUT2D eigenvalue weighted by Gasteiger charge is -2.32. The molecule has 1 N–H and O–H groups in total. The van der Waals surface area contributed by atoms with Crippen molar-refractivity contribution in [1.29, 1.82) is 5.26 Å². The summed E-state index contributed by atoms with van der Waals surface area (Å²) in [7, 11) is 5.14. The van der Waals surface area contributed by atoms with Gasteiger partial charge in [-0.1, -0.05) is 12.1 Å². The molecular weight excluding hydrogens is 382 g/mol. The summed E-state index contributed by atoms with van der Waals surface area (Å²) in [4.78, 5) is 34.0. The Kier molecular flexibility index (Phi) is 5.12. The number of nitriles is 1. The molecule has 8 nitrogen and oxygen atoms in total. The first-order valence-electron chi connectivity index (χ1n) is 9.92. The maximum Gasteiger partial charge on any atom is 0.320 e. The molecule has 1 aromatic carbocycles. The van der Waals surface area contributed by atoms with Crippen LogP contribution in [0.1, 0.15) is 27.7 Å². The predicted octanol–water partition coefficient (Wildman–Crippen LogP) is 2.32. The summed E-state index contributed by atoms with van der Waals surface area (Å²) in [5.41, 5.74) is 1.91. The number of aromatic amines is 1. The Morgan fingerprint density at radius 2 is 1.93 bits per heavy atom. The third kappa shape index (κ3) is 3.36. The Labute approximate surface area is 175 Å². The van der Waals surface area contributed by atoms with E-state index in [4.69, 9.17) is 10.00 Å². The highest BCUT2D eigenvalue weighted by atomic mass is 16.5. The van der Waals surface area contributed by atoms with E-state index in [0.717, 1.165) is 11.3 Å². The van der Waals surface area contributed by atoms with Crippen LogP contribution in [0.3, 0.4) is 0 Å². The van der Waals surface area contributed by atoms with Crippen LogP contribution in [0.2, 0.25) is 0 Å². The van der Waals surface area contributed by atoms with Gasteiger partial charge >= 0.3 is 6.03 Å². The largest absolute Gasteiger partial charge is 0.497 e. The topological polar surface area (TPSA) is 92.7 Å². The normalized spacial score (nSPS) is 22.5. The highest BCUT2D eigenvalue weighted by molar-refractivity contribution is 5.93. The van der Waals surface area contributed by atoms with Gasteiger partial charge in [0.15, 0.2) is 0 Å². The van der Waals surface area contributed by atoms with Crippen molar-refractivity contribution >= 4 is 11.9 Å². The maximum atomic E-state index is 12.9. The van der Waals surface area contributed by atoms with Crippen LogP contribution < -0.4 is 4.74 Å². The molecule has 3 heterocycles. The molecule has 2 aliphatic rings. The van der Waals surface area contributed by atoms with Crippen molar-refractivity contribution in [3.05, 3.63) is 53.3 Å². The molecule has 4 rings (SSSR count). The number of hydrogen-bond donors (Lipinski definition) is 1. The highest BCUT2D eigenvalue weighted by Crippen LogP contribution is 2.45. The molecule has 2 saturated heterocycles. The molecule has 0 spiro atoms. The fraction of sp³-hybridized carbons (Fsp3) is 0.409. The van der Waals surface area contributed by atoms with Crippen molar-refractivity contribution < 1.29 is 14.3 Å². The number of H-pyrrole nitrogens is 1. The molecule has 2 fully saturated rings. The summed E-state index contributed by atoms with van der Waals surface area (Å²) in [6.45, 7) is 1.77. The van der Waals surface area contributed by atoms with Gasteiger partial charge in [0.25, 0.3) is 5.91 Å². The summed E-state index contributed by atoms with van der Waals surface area (Å²) in [6.07, 6.45) is 1.54. The number of nitrogens with zero attached hydrogens (tertiary/aromatic N) is 4. The van der Waals surface area contributed by atoms with E-state index < -0.39 is 0 Å². The van der Waals surface area contributed by atoms with E-state index in [-0.39, 0.29) is 29.8 Å². The molecule has 2 aromatic rings. The van der Waals surface area contributed by atoms with Gasteiger partial charge in [0.1, 0.15) is 17.5 Å². The zero-order valence-electron chi connectivity index (χ0n) is 17.3. The number of ether oxygens (including phenoxy) is 1. The Bertz CT molecular complexity index is 991. The lowest BCUT2D eigenvalue weighted by molar-refractivity contribution is 0.0761. The van der Waals surface area contributed by atoms with E-state index in [1.54, 1.807) is 38.4 Å². The molecule has 3 amide bonds. The van der Waals surface area contributed by atoms with E-state index in [0.29, 0.717) is 30.9 Å². The zero-order chi connectivity index (χ0) is 21.4. The van der Waals surface area contributed by atoms with Crippen molar-refractivity contribution in [3.8, 4) is 11.8 Å². The van der Waals surface area contributed by atoms with E-state index in [1.807, 2.05) is 40.1 Å². The molecule has 8 heteroatoms. The molecule has 0 saturated carbocycles. The van der Waals surface area contributed by atoms with Crippen LogP contribution in [0.4, 0.5) is 4.79 Å². The molecule has 0 bridgehead atoms. The average molecular weight is 407 g/mol. The minimum Gasteiger partial charge on any atom is -0.497 e. The third-order valence-corrected chi connectivity index (χ3v) is 6.08. The predicted molar refractivity (Wildman–Crippen MR) is 110 cm³/mol. The number of amides is 3. The standard InChI is InChI=1S/C22H25N5O3/c1-25(2)22(29)27-12-16-11-26(21(28)19-8-14(9-23)10-24-19)13-18(16)20(27)15-4-6-17(30-3)7-5-15/h4-8,10,16,18,20,24H,11-13H2,1-3H3/t16-,18-,20+/m1/s1. The first-order valence-corrected chi connectivity index (χ1v) is 9.92. The Balaban J connectivity index is 1.60. The molecule has 1 aromatic heterocycles. The summed E-state index contributed by atoms with van der Waals surface area (Å²) >= 11 is 0. The van der Waals surface area contributed by atoms with Gasteiger partial charge in [0.05, 0.1) is 18.7 Å². The second-order valence-corrected chi connectivity index (χ2v) is 8.10. The number of carbonyl (C=O) groups excluding carboxylic acids is 2. The van der Waals surface area contributed by atoms with Crippen molar-refractivity contribution in [1.82, 2.24) is 19.7 Å². The van der Waals surface area contributed by atoms with Gasteiger partial charge in [0.2, 0.25) is 0 Å². The number of urea groups is 1. The molecule has 3 atom stereocenters. The van der Waals surface area contributed by atoms with E-state index in [9.17, 15) is 9.59 Å². The summed E-state index contributed by atoms with van der Waals surface area (Å²) < 4.78 is 5.27. The van der Waals surface area contributed by atoms with Crippen molar-refractivity contribution in [3.63, 3.8) is 0 Å². The Morgan fingerprint density at radius 1 is 1.20 bits per heavy atom. The highest BCUT2D eigenvalue weighted by Gasteiger charge is 2.50. The zero-order valence-corrected chi connectivity index (χ0v) is 17.3. The SMILES string of the molecule is COc1ccc([C@H]2[C@@H]3CN(C(=O)c4cc(C#N)c[nH]4)C[C@@H]3CN2C(=O)N(C)C)cc1. The molecule has 156 valence electrons. The monoisotopic (exact) mass is 407 g/mol. The average Bonchev–Trinajstić information content (AvgIpc) is 3.46. The van der Waals surface area contributed by atoms with Crippen LogP contribution in [0.25, 0.3) is 0 Å². The molecule has 0 radical (unpaired) electrons. The van der Waals surface area contributed by atoms with Gasteiger partial charge in [-0.25, -0.2) is 4.79 Å². The maximum absolute atomic E-state index is 12.9. The second-order valence-electron chi connectivity index (χ2n) is 8.10. The van der Waals surface area contributed by atoms with Gasteiger partial charge in [-0.2, -0.15) is 5.26 Å². The summed E-state index contributed by atoms with van der Waals surface area (Å²) in [5.74, 6) is 1.01. The minimum atomic E-state index is -0.107. The number of likely N-dealkylation sites (tertiary alicyclic amines) is 2. The van der Waals surface area contributed by atoms with Gasteiger partial charge in [-0.3, -0.25) is 4.79 Å². The van der Waals surface area contributed by atoms with Crippen LogP contribution in [0.15, 0.2) is 36.5 Å². The minimum absolute atomic E-state index is 0.0221. The van der Waals surface area contributed by atoms with Crippen LogP contribution >= 0.6 is 0 Å². The first kappa shape index (κ1) is 19.8. The van der Waals surface area contributed by atoms with Crippen molar-refractivity contribution in [2.75, 3.05) is 40.8 Å². The van der Waals surface area contributed by atoms with Gasteiger partial charge < -0.3 is 24.4 Å². The second kappa shape index (κ2) is 7.75. The van der Waals surface area contributed by atoms with Crippen LogP contribution in [0.5, 0.6) is 5.75 Å². The number of hydrogen-bond acceptors (Lipinski definition) is 4. The Hall–Kier alpha value is -3.47. The fourth-order valence-electron chi connectivity index (χ4n) is 4.65. The molecule has 30 heavy (non-hydrogen) atoms. The summed E-state index contributed by atoms with van der Waals surface area (Å²) in [5, 5.41) is 9.01. The van der Waals surface area contributed by atoms with Gasteiger partial charge in [-0.05, 0) is 23.8 Å². The van der Waals surface area contributed by atoms with Crippen molar-refractivity contribution in [2.45, 2.75) is 6.04 Å². The third-order valence-electron chi connectivity index (χ3n) is 6.08. The number of nitrogens with one attached hydrogen (secondary N) is 1. The molecule has 2 aliphatic heterocycles. The Morgan fingerprint density at radius 3 is 2.53 bits per heavy atom. The number of rotatable bonds is 3. The lowest BCUT2D eigenvalue weighted by atomic mass is 9.89. The fourth-order valence-corrected chi connectivity index (χ4v) is 4.65. The molecule has 0 unspecified atom stereocenters. The van der Waals surface area contributed by atoms with E-state index in [1.165, 1.54) is 0 Å². The number of carbonyl (C=O) groups is 2. The number of fused-ring (bicyclic) bond motifs is 1. The lowest BCUT2D eigenvalue weighted by Crippen LogP contribution is -2.42. The van der Waals surface area contributed by atoms with E-state index in [2.05, 4.69) is 4.98 Å². The van der Waals surface area contributed by atoms with Crippen LogP contribution in [-0.2, 0) is 0 Å². The van der Waals surface area contributed by atoms with Crippen LogP contribution in [0, 0.1) is 23.2 Å². The quantitative estimate of drug-likeness (QED) is 0.845. The van der Waals surface area contributed by atoms with E-state index >= 15 is 0 Å². The van der Waals surface area contributed by atoms with Gasteiger partial charge in [-0.15, -0.1) is 0 Å². The van der Waals surface area contributed by atoms with Crippen LogP contribution in [-0.4, -0.2) is 72.5 Å². The molecule has 0 aliphatic carbocycles. The smallest absolute Gasteiger partial charge is 0.320 e. The van der Waals surface area contributed by atoms with Gasteiger partial charge in [0, 0.05) is 51.8 Å². The first-order chi connectivity index (χ1) is 14.4. The number of benzene rings is 1. The summed E-state index contributed by atoms with van der Waals surface area (Å²) in [6, 6.07) is 11.3. The molecular formula is C22H25N5O3. The number of methoxy groups -OCH3 is 1. The van der Waals surface area contributed by atoms with Crippen molar-refractivity contribution in [2.24, 2.45) is 11.8 Å². The number of aromatic nitrogens is 1.